The molecule has 0 amide bonds. The monoisotopic (exact) mass is 375 g/mol. The maximum absolute atomic E-state index is 11.1. The fourth-order valence-corrected chi connectivity index (χ4v) is 4.05. The molecule has 2 rings (SSSR count). The van der Waals surface area contributed by atoms with Gasteiger partial charge < -0.3 is 9.69 Å². The van der Waals surface area contributed by atoms with Gasteiger partial charge in [0.25, 0.3) is 0 Å². The smallest absolute Gasteiger partial charge is 0.120 e. The lowest BCUT2D eigenvalue weighted by molar-refractivity contribution is -0.109. The van der Waals surface area contributed by atoms with Gasteiger partial charge in [0.15, 0.2) is 0 Å². The third-order valence-corrected chi connectivity index (χ3v) is 5.75. The number of rotatable bonds is 10. The number of aldehydes is 1. The summed E-state index contributed by atoms with van der Waals surface area (Å²) in [5.41, 5.74) is 1.52. The second-order valence-electron chi connectivity index (χ2n) is 7.66. The van der Waals surface area contributed by atoms with Gasteiger partial charge >= 0.3 is 0 Å². The molecular weight excluding hydrogens is 342 g/mol. The van der Waals surface area contributed by atoms with Gasteiger partial charge in [-0.05, 0) is 55.7 Å². The van der Waals surface area contributed by atoms with Crippen molar-refractivity contribution in [2.75, 3.05) is 20.1 Å². The molecule has 1 aliphatic carbocycles. The molecule has 0 aliphatic heterocycles. The van der Waals surface area contributed by atoms with E-state index in [2.05, 4.69) is 80.4 Å². The molecule has 2 nitrogen and oxygen atoms in total. The Morgan fingerprint density at radius 2 is 1.88 bits per heavy atom. The van der Waals surface area contributed by atoms with E-state index < -0.39 is 0 Å². The van der Waals surface area contributed by atoms with E-state index in [9.17, 15) is 4.79 Å². The van der Waals surface area contributed by atoms with Crippen LogP contribution in [-0.4, -0.2) is 31.3 Å². The van der Waals surface area contributed by atoms with Gasteiger partial charge in [0.1, 0.15) is 6.29 Å². The molecule has 3 heteroatoms. The molecule has 0 N–H and O–H groups in total. The van der Waals surface area contributed by atoms with Gasteiger partial charge in [-0.1, -0.05) is 68.5 Å². The van der Waals surface area contributed by atoms with E-state index >= 15 is 0 Å². The van der Waals surface area contributed by atoms with Crippen molar-refractivity contribution < 1.29 is 4.79 Å². The van der Waals surface area contributed by atoms with Crippen LogP contribution in [0.25, 0.3) is 0 Å². The van der Waals surface area contributed by atoms with E-state index in [1.165, 1.54) is 5.56 Å². The van der Waals surface area contributed by atoms with Crippen LogP contribution in [0.4, 0.5) is 0 Å². The molecule has 0 saturated heterocycles. The predicted octanol–water partition coefficient (Wildman–Crippen LogP) is 5.34. The highest BCUT2D eigenvalue weighted by Gasteiger charge is 2.38. The summed E-state index contributed by atoms with van der Waals surface area (Å²) in [6.07, 6.45) is 14.0. The molecule has 1 unspecified atom stereocenters. The van der Waals surface area contributed by atoms with Gasteiger partial charge in [0.05, 0.1) is 0 Å². The number of allylic oxidation sites excluding steroid dienone is 4. The molecule has 2 atom stereocenters. The molecule has 1 aromatic carbocycles. The predicted molar refractivity (Wildman–Crippen MR) is 114 cm³/mol. The average molecular weight is 376 g/mol. The Kier molecular flexibility index (Phi) is 9.90. The standard InChI is InChI=1S/C23H33NO.ClH/c1-20(2)23(15-8-7-12-22(23)14-19-25)16-9-17-24(3)18-13-21-10-5-4-6-11-21;/h4-8,10-12,15,19-20,22H,9,13-14,16-18H2,1-3H3;1H/t22-,23?;/m1./s1. The lowest BCUT2D eigenvalue weighted by atomic mass is 9.62. The molecule has 0 saturated carbocycles. The summed E-state index contributed by atoms with van der Waals surface area (Å²) in [7, 11) is 2.21. The zero-order chi connectivity index (χ0) is 18.1. The molecule has 0 fully saturated rings. The minimum Gasteiger partial charge on any atom is -0.306 e. The van der Waals surface area contributed by atoms with Gasteiger partial charge in [0, 0.05) is 13.0 Å². The summed E-state index contributed by atoms with van der Waals surface area (Å²) < 4.78 is 0. The summed E-state index contributed by atoms with van der Waals surface area (Å²) in [6, 6.07) is 10.7. The molecule has 0 radical (unpaired) electrons. The van der Waals surface area contributed by atoms with E-state index in [1.807, 2.05) is 0 Å². The lowest BCUT2D eigenvalue weighted by Gasteiger charge is -2.42. The number of nitrogens with zero attached hydrogens (tertiary/aromatic N) is 1. The van der Waals surface area contributed by atoms with Gasteiger partial charge in [-0.3, -0.25) is 0 Å². The van der Waals surface area contributed by atoms with Crippen LogP contribution in [0, 0.1) is 17.3 Å². The van der Waals surface area contributed by atoms with Crippen LogP contribution in [0.15, 0.2) is 54.6 Å². The average Bonchev–Trinajstić information content (AvgIpc) is 2.62. The highest BCUT2D eigenvalue weighted by molar-refractivity contribution is 5.85. The molecule has 26 heavy (non-hydrogen) atoms. The van der Waals surface area contributed by atoms with E-state index in [0.29, 0.717) is 18.3 Å². The van der Waals surface area contributed by atoms with Crippen molar-refractivity contribution in [2.45, 2.75) is 39.5 Å². The van der Waals surface area contributed by atoms with Crippen molar-refractivity contribution >= 4 is 18.7 Å². The summed E-state index contributed by atoms with van der Waals surface area (Å²) >= 11 is 0. The van der Waals surface area contributed by atoms with E-state index in [-0.39, 0.29) is 17.8 Å². The molecule has 0 spiro atoms. The van der Waals surface area contributed by atoms with Crippen molar-refractivity contribution in [3.05, 3.63) is 60.2 Å². The fourth-order valence-electron chi connectivity index (χ4n) is 4.05. The Morgan fingerprint density at radius 3 is 2.54 bits per heavy atom. The first-order chi connectivity index (χ1) is 12.1. The van der Waals surface area contributed by atoms with Gasteiger partial charge in [0.2, 0.25) is 0 Å². The van der Waals surface area contributed by atoms with Crippen molar-refractivity contribution in [1.29, 1.82) is 0 Å². The number of halogens is 1. The molecule has 0 aromatic heterocycles. The molecule has 1 aromatic rings. The molecule has 1 aliphatic rings. The third-order valence-electron chi connectivity index (χ3n) is 5.75. The van der Waals surface area contributed by atoms with E-state index in [0.717, 1.165) is 38.6 Å². The number of carbonyl (C=O) groups excluding carboxylic acids is 1. The number of carbonyl (C=O) groups is 1. The molecule has 0 bridgehead atoms. The molecule has 144 valence electrons. The van der Waals surface area contributed by atoms with Crippen molar-refractivity contribution in [2.24, 2.45) is 17.3 Å². The Labute approximate surface area is 165 Å². The normalized spacial score (nSPS) is 21.8. The number of hydrogen-bond acceptors (Lipinski definition) is 2. The van der Waals surface area contributed by atoms with Crippen LogP contribution < -0.4 is 0 Å². The highest BCUT2D eigenvalue weighted by atomic mass is 35.5. The number of hydrogen-bond donors (Lipinski definition) is 0. The summed E-state index contributed by atoms with van der Waals surface area (Å²) in [5.74, 6) is 0.873. The summed E-state index contributed by atoms with van der Waals surface area (Å²) in [5, 5.41) is 0. The first kappa shape index (κ1) is 22.7. The zero-order valence-electron chi connectivity index (χ0n) is 16.4. The first-order valence-corrected chi connectivity index (χ1v) is 9.60. The topological polar surface area (TPSA) is 20.3 Å². The van der Waals surface area contributed by atoms with Crippen LogP contribution in [0.5, 0.6) is 0 Å². The molecular formula is C23H34ClNO. The Hall–Kier alpha value is -1.38. The van der Waals surface area contributed by atoms with Gasteiger partial charge in [-0.15, -0.1) is 12.4 Å². The maximum Gasteiger partial charge on any atom is 0.120 e. The van der Waals surface area contributed by atoms with Crippen LogP contribution >= 0.6 is 12.4 Å². The Bertz CT molecular complexity index is 581. The van der Waals surface area contributed by atoms with Crippen molar-refractivity contribution in [3.63, 3.8) is 0 Å². The Morgan fingerprint density at radius 1 is 1.15 bits per heavy atom. The van der Waals surface area contributed by atoms with Crippen molar-refractivity contribution in [3.8, 4) is 0 Å². The second kappa shape index (κ2) is 11.4. The SMILES string of the molecule is CC(C)C1(CCCN(C)CCc2ccccc2)C=CC=C[C@@H]1CC=O.Cl. The quantitative estimate of drug-likeness (QED) is 0.514. The van der Waals surface area contributed by atoms with Crippen LogP contribution in [0.3, 0.4) is 0 Å². The first-order valence-electron chi connectivity index (χ1n) is 9.60. The minimum atomic E-state index is 0. The number of benzene rings is 1. The molecule has 0 heterocycles. The largest absolute Gasteiger partial charge is 0.306 e. The van der Waals surface area contributed by atoms with E-state index in [4.69, 9.17) is 0 Å². The maximum atomic E-state index is 11.1. The summed E-state index contributed by atoms with van der Waals surface area (Å²) in [4.78, 5) is 13.5. The second-order valence-corrected chi connectivity index (χ2v) is 7.66. The fraction of sp³-hybridized carbons (Fsp3) is 0.522. The Balaban J connectivity index is 0.00000338. The number of likely N-dealkylation sites (N-methyl/N-ethyl adjacent to an activating group) is 1. The third kappa shape index (κ3) is 6.10. The lowest BCUT2D eigenvalue weighted by Crippen LogP contribution is -2.35. The van der Waals surface area contributed by atoms with E-state index in [1.54, 1.807) is 0 Å². The van der Waals surface area contributed by atoms with Crippen molar-refractivity contribution in [1.82, 2.24) is 4.90 Å². The summed E-state index contributed by atoms with van der Waals surface area (Å²) in [6.45, 7) is 6.78. The van der Waals surface area contributed by atoms with Crippen LogP contribution in [0.2, 0.25) is 0 Å². The zero-order valence-corrected chi connectivity index (χ0v) is 17.3. The van der Waals surface area contributed by atoms with Gasteiger partial charge in [-0.25, -0.2) is 0 Å². The van der Waals surface area contributed by atoms with Gasteiger partial charge in [-0.2, -0.15) is 0 Å². The van der Waals surface area contributed by atoms with Crippen LogP contribution in [0.1, 0.15) is 38.7 Å². The minimum absolute atomic E-state index is 0. The highest BCUT2D eigenvalue weighted by Crippen LogP contribution is 2.45. The van der Waals surface area contributed by atoms with Crippen LogP contribution in [-0.2, 0) is 11.2 Å².